The first-order chi connectivity index (χ1) is 7.33. The third-order valence-electron chi connectivity index (χ3n) is 2.66. The number of aromatic nitrogens is 2. The Hall–Kier alpha value is -0.870. The molecule has 3 rings (SSSR count). The largest absolute Gasteiger partial charge is 0.379 e. The van der Waals surface area contributed by atoms with Crippen LogP contribution < -0.4 is 0 Å². The Labute approximate surface area is 96.2 Å². The van der Waals surface area contributed by atoms with Gasteiger partial charge in [-0.1, -0.05) is 15.9 Å². The van der Waals surface area contributed by atoms with Crippen molar-refractivity contribution in [1.29, 1.82) is 0 Å². The number of halogens is 1. The van der Waals surface area contributed by atoms with Crippen molar-refractivity contribution < 1.29 is 4.74 Å². The maximum atomic E-state index is 5.34. The molecule has 1 radical (unpaired) electrons. The van der Waals surface area contributed by atoms with E-state index >= 15 is 0 Å². The van der Waals surface area contributed by atoms with Crippen LogP contribution in [-0.2, 0) is 4.74 Å². The maximum Gasteiger partial charge on any atom is 0.0953 e. The summed E-state index contributed by atoms with van der Waals surface area (Å²) in [5.41, 5.74) is 0.991. The quantitative estimate of drug-likeness (QED) is 0.793. The third-order valence-corrected chi connectivity index (χ3v) is 3.15. The van der Waals surface area contributed by atoms with E-state index in [1.165, 1.54) is 0 Å². The molecule has 15 heavy (non-hydrogen) atoms. The molecule has 0 N–H and O–H groups in total. The Morgan fingerprint density at radius 2 is 2.47 bits per heavy atom. The van der Waals surface area contributed by atoms with Gasteiger partial charge in [-0.25, -0.2) is 0 Å². The van der Waals surface area contributed by atoms with E-state index in [0.717, 1.165) is 35.0 Å². The van der Waals surface area contributed by atoms with E-state index in [1.54, 1.807) is 0 Å². The van der Waals surface area contributed by atoms with E-state index in [2.05, 4.69) is 27.2 Å². The Balaban J connectivity index is 2.05. The predicted octanol–water partition coefficient (Wildman–Crippen LogP) is 2.56. The SMILES string of the molecule is Brc1ccc2nn(C3CCOC3)[c]c2c1. The van der Waals surface area contributed by atoms with Crippen molar-refractivity contribution >= 4 is 26.8 Å². The third kappa shape index (κ3) is 1.68. The fourth-order valence-corrected chi connectivity index (χ4v) is 2.20. The van der Waals surface area contributed by atoms with Gasteiger partial charge in [-0.3, -0.25) is 4.68 Å². The average Bonchev–Trinajstić information content (AvgIpc) is 2.84. The molecule has 0 bridgehead atoms. The zero-order chi connectivity index (χ0) is 10.3. The van der Waals surface area contributed by atoms with Crippen LogP contribution in [0.4, 0.5) is 0 Å². The molecule has 0 amide bonds. The second-order valence-electron chi connectivity index (χ2n) is 3.74. The summed E-state index contributed by atoms with van der Waals surface area (Å²) in [7, 11) is 0. The molecule has 1 saturated heterocycles. The van der Waals surface area contributed by atoms with Crippen molar-refractivity contribution in [3.63, 3.8) is 0 Å². The monoisotopic (exact) mass is 265 g/mol. The molecule has 1 aromatic heterocycles. The first-order valence-corrected chi connectivity index (χ1v) is 5.77. The molecule has 4 heteroatoms. The number of ether oxygens (including phenoxy) is 1. The molecule has 0 saturated carbocycles. The fourth-order valence-electron chi connectivity index (χ4n) is 1.84. The minimum absolute atomic E-state index is 0.358. The minimum atomic E-state index is 0.358. The molecule has 77 valence electrons. The molecule has 0 spiro atoms. The Bertz CT molecular complexity index is 488. The van der Waals surface area contributed by atoms with E-state index in [1.807, 2.05) is 22.9 Å². The molecule has 1 atom stereocenters. The summed E-state index contributed by atoms with van der Waals surface area (Å²) in [6, 6.07) is 6.39. The van der Waals surface area contributed by atoms with Crippen molar-refractivity contribution in [2.75, 3.05) is 13.2 Å². The molecule has 2 aromatic rings. The van der Waals surface area contributed by atoms with Gasteiger partial charge < -0.3 is 4.74 Å². The smallest absolute Gasteiger partial charge is 0.0953 e. The van der Waals surface area contributed by atoms with Crippen molar-refractivity contribution in [3.05, 3.63) is 28.9 Å². The molecule has 0 aliphatic carbocycles. The van der Waals surface area contributed by atoms with Crippen LogP contribution in [0, 0.1) is 6.20 Å². The summed E-state index contributed by atoms with van der Waals surface area (Å²) in [6.07, 6.45) is 4.31. The van der Waals surface area contributed by atoms with Crippen molar-refractivity contribution in [2.45, 2.75) is 12.5 Å². The lowest BCUT2D eigenvalue weighted by Crippen LogP contribution is -2.08. The maximum absolute atomic E-state index is 5.34. The molecule has 2 heterocycles. The summed E-state index contributed by atoms with van der Waals surface area (Å²) in [5, 5.41) is 5.55. The number of fused-ring (bicyclic) bond motifs is 1. The Morgan fingerprint density at radius 3 is 3.27 bits per heavy atom. The summed E-state index contributed by atoms with van der Waals surface area (Å²) in [4.78, 5) is 0. The van der Waals surface area contributed by atoms with Gasteiger partial charge in [0.25, 0.3) is 0 Å². The van der Waals surface area contributed by atoms with Gasteiger partial charge in [0, 0.05) is 16.5 Å². The van der Waals surface area contributed by atoms with E-state index in [9.17, 15) is 0 Å². The average molecular weight is 266 g/mol. The number of benzene rings is 1. The van der Waals surface area contributed by atoms with Gasteiger partial charge in [-0.15, -0.1) is 0 Å². The number of nitrogens with zero attached hydrogens (tertiary/aromatic N) is 2. The van der Waals surface area contributed by atoms with Crippen molar-refractivity contribution in [1.82, 2.24) is 9.78 Å². The second-order valence-corrected chi connectivity index (χ2v) is 4.65. The molecular weight excluding hydrogens is 256 g/mol. The van der Waals surface area contributed by atoms with Crippen LogP contribution in [0.5, 0.6) is 0 Å². The lowest BCUT2D eigenvalue weighted by Gasteiger charge is -2.05. The van der Waals surface area contributed by atoms with Crippen LogP contribution in [0.2, 0.25) is 0 Å². The second kappa shape index (κ2) is 3.61. The zero-order valence-corrected chi connectivity index (χ0v) is 9.70. The fraction of sp³-hybridized carbons (Fsp3) is 0.364. The van der Waals surface area contributed by atoms with E-state index < -0.39 is 0 Å². The molecule has 1 fully saturated rings. The summed E-state index contributed by atoms with van der Waals surface area (Å²) in [6.45, 7) is 1.59. The number of rotatable bonds is 1. The van der Waals surface area contributed by atoms with Gasteiger partial charge >= 0.3 is 0 Å². The highest BCUT2D eigenvalue weighted by atomic mass is 79.9. The minimum Gasteiger partial charge on any atom is -0.379 e. The van der Waals surface area contributed by atoms with Gasteiger partial charge in [0.2, 0.25) is 0 Å². The van der Waals surface area contributed by atoms with Crippen LogP contribution in [0.3, 0.4) is 0 Å². The standard InChI is InChI=1S/C11H10BrN2O/c12-9-1-2-11-8(5-9)6-14(13-11)10-3-4-15-7-10/h1-2,5,10H,3-4,7H2. The first kappa shape index (κ1) is 9.36. The zero-order valence-electron chi connectivity index (χ0n) is 8.11. The molecule has 1 unspecified atom stereocenters. The lowest BCUT2D eigenvalue weighted by atomic mass is 10.2. The van der Waals surface area contributed by atoms with Gasteiger partial charge in [-0.05, 0) is 24.6 Å². The molecular formula is C11H10BrN2O. The van der Waals surface area contributed by atoms with Gasteiger partial charge in [0.05, 0.1) is 24.4 Å². The lowest BCUT2D eigenvalue weighted by molar-refractivity contribution is 0.184. The highest BCUT2D eigenvalue weighted by Gasteiger charge is 2.18. The molecule has 1 aromatic carbocycles. The van der Waals surface area contributed by atoms with Gasteiger partial charge in [-0.2, -0.15) is 5.10 Å². The van der Waals surface area contributed by atoms with E-state index in [-0.39, 0.29) is 0 Å². The Morgan fingerprint density at radius 1 is 1.53 bits per heavy atom. The Kier molecular flexibility index (Phi) is 2.25. The normalized spacial score (nSPS) is 21.3. The van der Waals surface area contributed by atoms with Crippen molar-refractivity contribution in [3.8, 4) is 0 Å². The summed E-state index contributed by atoms with van der Waals surface area (Å²) in [5.74, 6) is 0. The predicted molar refractivity (Wildman–Crippen MR) is 60.7 cm³/mol. The first-order valence-electron chi connectivity index (χ1n) is 4.98. The highest BCUT2D eigenvalue weighted by Crippen LogP contribution is 2.23. The van der Waals surface area contributed by atoms with Gasteiger partial charge in [0.15, 0.2) is 0 Å². The molecule has 1 aliphatic heterocycles. The highest BCUT2D eigenvalue weighted by molar-refractivity contribution is 9.10. The summed E-state index contributed by atoms with van der Waals surface area (Å²) < 4.78 is 8.31. The molecule has 3 nitrogen and oxygen atoms in total. The van der Waals surface area contributed by atoms with E-state index in [4.69, 9.17) is 4.74 Å². The van der Waals surface area contributed by atoms with Crippen LogP contribution >= 0.6 is 15.9 Å². The molecule has 1 aliphatic rings. The van der Waals surface area contributed by atoms with Crippen LogP contribution in [0.1, 0.15) is 12.5 Å². The van der Waals surface area contributed by atoms with Gasteiger partial charge in [0.1, 0.15) is 0 Å². The van der Waals surface area contributed by atoms with Crippen LogP contribution in [-0.4, -0.2) is 23.0 Å². The number of hydrogen-bond acceptors (Lipinski definition) is 2. The van der Waals surface area contributed by atoms with Crippen LogP contribution in [0.25, 0.3) is 10.9 Å². The summed E-state index contributed by atoms with van der Waals surface area (Å²) >= 11 is 3.44. The number of hydrogen-bond donors (Lipinski definition) is 0. The van der Waals surface area contributed by atoms with Crippen LogP contribution in [0.15, 0.2) is 22.7 Å². The van der Waals surface area contributed by atoms with E-state index in [0.29, 0.717) is 6.04 Å². The topological polar surface area (TPSA) is 27.1 Å². The van der Waals surface area contributed by atoms with Crippen molar-refractivity contribution in [2.24, 2.45) is 0 Å².